The Morgan fingerprint density at radius 3 is 2.12 bits per heavy atom. The van der Waals surface area contributed by atoms with Gasteiger partial charge in [0.2, 0.25) is 0 Å². The second-order valence-corrected chi connectivity index (χ2v) is 2.93. The number of rotatable bonds is 1. The van der Waals surface area contributed by atoms with Crippen molar-refractivity contribution in [3.63, 3.8) is 0 Å². The van der Waals surface area contributed by atoms with Crippen molar-refractivity contribution in [2.24, 2.45) is 0 Å². The molecule has 0 fully saturated rings. The molecule has 2 rings (SSSR count). The minimum absolute atomic E-state index is 0. The Kier molecular flexibility index (Phi) is 7.07. The molecule has 1 aromatic rings. The second-order valence-electron chi connectivity index (χ2n) is 2.93. The van der Waals surface area contributed by atoms with Crippen LogP contribution >= 0.6 is 0 Å². The smallest absolute Gasteiger partial charge is 0.629 e. The molecule has 0 amide bonds. The van der Waals surface area contributed by atoms with Gasteiger partial charge in [0.05, 0.1) is 11.5 Å². The van der Waals surface area contributed by atoms with Gasteiger partial charge in [0, 0.05) is 5.57 Å². The fraction of sp³-hybridized carbons (Fsp3) is 0. The largest absolute Gasteiger partial charge is 2.00 e. The van der Waals surface area contributed by atoms with E-state index in [1.165, 1.54) is 18.2 Å². The number of allylic oxidation sites excluding steroid dienone is 3. The average Bonchev–Trinajstić information content (AvgIpc) is 2.92. The van der Waals surface area contributed by atoms with Gasteiger partial charge in [-0.3, -0.25) is 0 Å². The fourth-order valence-electron chi connectivity index (χ4n) is 1.11. The molecule has 1 aromatic carbocycles. The predicted molar refractivity (Wildman–Crippen MR) is 56.5 cm³/mol. The van der Waals surface area contributed by atoms with Crippen molar-refractivity contribution in [2.75, 3.05) is 0 Å². The maximum Gasteiger partial charge on any atom is 2.00 e. The van der Waals surface area contributed by atoms with Gasteiger partial charge in [-0.15, -0.1) is 0 Å². The Morgan fingerprint density at radius 2 is 1.82 bits per heavy atom. The van der Waals surface area contributed by atoms with E-state index in [0.717, 1.165) is 0 Å². The topological polar surface area (TPSA) is 80.6 Å². The molecule has 1 aliphatic carbocycles. The van der Waals surface area contributed by atoms with E-state index in [-0.39, 0.29) is 37.3 Å². The van der Waals surface area contributed by atoms with E-state index in [1.807, 2.05) is 30.3 Å². The monoisotopic (exact) mass is 308 g/mol. The van der Waals surface area contributed by atoms with Crippen LogP contribution in [0.5, 0.6) is 0 Å². The van der Waals surface area contributed by atoms with Crippen molar-refractivity contribution in [1.82, 2.24) is 0 Å². The number of aliphatic hydroxyl groups is 1. The maximum atomic E-state index is 10.3. The molecule has 86 valence electrons. The van der Waals surface area contributed by atoms with Crippen LogP contribution in [-0.2, 0) is 31.0 Å². The maximum absolute atomic E-state index is 10.3. The Labute approximate surface area is 118 Å². The molecule has 0 aliphatic heterocycles. The van der Waals surface area contributed by atoms with Crippen molar-refractivity contribution in [3.8, 4) is 0 Å². The molecule has 0 aromatic heterocycles. The Bertz CT molecular complexity index is 420. The third kappa shape index (κ3) is 4.92. The van der Waals surface area contributed by atoms with Gasteiger partial charge in [-0.05, 0) is 6.08 Å². The SMILES string of the molecule is O=C(O)C1=CC=CC1=C([O-])O.[Zr+2].c1cc[cH-]c1. The molecule has 0 unspecified atom stereocenters. The average molecular weight is 309 g/mol. The van der Waals surface area contributed by atoms with Crippen molar-refractivity contribution in [3.05, 3.63) is 65.7 Å². The molecule has 0 bridgehead atoms. The summed E-state index contributed by atoms with van der Waals surface area (Å²) in [6, 6.07) is 10.0. The van der Waals surface area contributed by atoms with E-state index in [4.69, 9.17) is 10.2 Å². The van der Waals surface area contributed by atoms with Gasteiger partial charge in [-0.1, -0.05) is 12.2 Å². The minimum Gasteiger partial charge on any atom is -0.629 e. The van der Waals surface area contributed by atoms with Crippen molar-refractivity contribution in [1.29, 1.82) is 0 Å². The third-order valence-corrected chi connectivity index (χ3v) is 1.83. The van der Waals surface area contributed by atoms with E-state index in [1.54, 1.807) is 0 Å². The molecular formula is C12H10O4Zr. The van der Waals surface area contributed by atoms with Gasteiger partial charge in [0.25, 0.3) is 0 Å². The summed E-state index contributed by atoms with van der Waals surface area (Å²) in [4.78, 5) is 10.3. The molecular weight excluding hydrogens is 299 g/mol. The van der Waals surface area contributed by atoms with Crippen molar-refractivity contribution >= 4 is 5.97 Å². The van der Waals surface area contributed by atoms with Gasteiger partial charge in [-0.25, -0.2) is 16.9 Å². The van der Waals surface area contributed by atoms with Gasteiger partial charge in [0.15, 0.2) is 0 Å². The molecule has 0 spiro atoms. The fourth-order valence-corrected chi connectivity index (χ4v) is 1.11. The van der Waals surface area contributed by atoms with Crippen molar-refractivity contribution in [2.45, 2.75) is 0 Å². The summed E-state index contributed by atoms with van der Waals surface area (Å²) in [7, 11) is 0. The zero-order chi connectivity index (χ0) is 12.0. The number of aliphatic carboxylic acids is 1. The first-order valence-corrected chi connectivity index (χ1v) is 4.52. The molecule has 0 radical (unpaired) electrons. The molecule has 0 atom stereocenters. The first-order chi connectivity index (χ1) is 7.63. The predicted octanol–water partition coefficient (Wildman–Crippen LogP) is 1.10. The van der Waals surface area contributed by atoms with E-state index in [9.17, 15) is 9.90 Å². The van der Waals surface area contributed by atoms with Gasteiger partial charge in [0.1, 0.15) is 0 Å². The van der Waals surface area contributed by atoms with E-state index in [0.29, 0.717) is 0 Å². The number of hydrogen-bond acceptors (Lipinski definition) is 3. The van der Waals surface area contributed by atoms with E-state index < -0.39 is 11.9 Å². The van der Waals surface area contributed by atoms with Gasteiger partial charge < -0.3 is 15.3 Å². The summed E-state index contributed by atoms with van der Waals surface area (Å²) in [5, 5.41) is 27.2. The Morgan fingerprint density at radius 1 is 1.24 bits per heavy atom. The van der Waals surface area contributed by atoms with Gasteiger partial charge >= 0.3 is 32.2 Å². The van der Waals surface area contributed by atoms with Crippen LogP contribution < -0.4 is 5.11 Å². The van der Waals surface area contributed by atoms with E-state index in [2.05, 4.69) is 0 Å². The van der Waals surface area contributed by atoms with Crippen LogP contribution in [0.1, 0.15) is 0 Å². The molecule has 0 saturated heterocycles. The molecule has 0 heterocycles. The van der Waals surface area contributed by atoms with Gasteiger partial charge in [-0.2, -0.15) is 18.2 Å². The summed E-state index contributed by atoms with van der Waals surface area (Å²) in [6.45, 7) is 0. The molecule has 0 saturated carbocycles. The third-order valence-electron chi connectivity index (χ3n) is 1.83. The number of carboxylic acid groups (broad SMARTS) is 1. The number of aliphatic hydroxyl groups excluding tert-OH is 1. The molecule has 17 heavy (non-hydrogen) atoms. The zero-order valence-corrected chi connectivity index (χ0v) is 11.3. The first kappa shape index (κ1) is 15.5. The van der Waals surface area contributed by atoms with Crippen LogP contribution in [0.15, 0.2) is 65.7 Å². The summed E-state index contributed by atoms with van der Waals surface area (Å²) in [6.07, 6.45) is 3.91. The number of hydrogen-bond donors (Lipinski definition) is 2. The summed E-state index contributed by atoms with van der Waals surface area (Å²) < 4.78 is 0. The number of carbonyl (C=O) groups is 1. The quantitative estimate of drug-likeness (QED) is 0.601. The summed E-state index contributed by atoms with van der Waals surface area (Å²) >= 11 is 0. The molecule has 4 nitrogen and oxygen atoms in total. The Hall–Kier alpha value is -1.48. The van der Waals surface area contributed by atoms with Crippen LogP contribution in [0.25, 0.3) is 0 Å². The van der Waals surface area contributed by atoms with E-state index >= 15 is 0 Å². The normalized spacial score (nSPS) is 15.2. The first-order valence-electron chi connectivity index (χ1n) is 4.52. The minimum atomic E-state index is -1.22. The van der Waals surface area contributed by atoms with Crippen LogP contribution in [0, 0.1) is 0 Å². The van der Waals surface area contributed by atoms with Crippen LogP contribution in [-0.4, -0.2) is 16.2 Å². The Balaban J connectivity index is 0.000000360. The molecule has 1 aliphatic rings. The molecule has 5 heteroatoms. The summed E-state index contributed by atoms with van der Waals surface area (Å²) in [5.74, 6) is -2.43. The summed E-state index contributed by atoms with van der Waals surface area (Å²) in [5.41, 5.74) is -0.338. The van der Waals surface area contributed by atoms with Crippen LogP contribution in [0.3, 0.4) is 0 Å². The van der Waals surface area contributed by atoms with Crippen LogP contribution in [0.2, 0.25) is 0 Å². The standard InChI is InChI=1S/C7H6O4.C5H5.Zr/c8-6(9)4-2-1-3-5(4)7(10)11;1-2-4-5-3-1;/h1-3,8-9H,(H,10,11);1-5H;/q;-1;+2/p-1. The zero-order valence-electron chi connectivity index (χ0n) is 8.83. The second kappa shape index (κ2) is 7.74. The van der Waals surface area contributed by atoms with Crippen LogP contribution in [0.4, 0.5) is 0 Å². The molecule has 2 N–H and O–H groups in total. The number of carboxylic acids is 1. The van der Waals surface area contributed by atoms with Crippen molar-refractivity contribution < 1.29 is 46.3 Å².